The number of hydrogen-bond donors (Lipinski definition) is 3. The Bertz CT molecular complexity index is 1350. The van der Waals surface area contributed by atoms with E-state index in [0.29, 0.717) is 48.1 Å². The van der Waals surface area contributed by atoms with Gasteiger partial charge in [-0.15, -0.1) is 0 Å². The molecule has 202 valence electrons. The number of rotatable bonds is 13. The van der Waals surface area contributed by atoms with Crippen LogP contribution in [-0.2, 0) is 6.42 Å². The van der Waals surface area contributed by atoms with Crippen molar-refractivity contribution >= 4 is 11.7 Å². The molecule has 0 radical (unpaired) electrons. The molecule has 1 atom stereocenters. The van der Waals surface area contributed by atoms with Gasteiger partial charge in [0.05, 0.1) is 50.2 Å². The smallest absolute Gasteiger partial charge is 0.253 e. The van der Waals surface area contributed by atoms with Crippen molar-refractivity contribution in [2.75, 3.05) is 39.3 Å². The van der Waals surface area contributed by atoms with Crippen molar-refractivity contribution in [1.29, 1.82) is 0 Å². The first-order valence-corrected chi connectivity index (χ1v) is 12.6. The third kappa shape index (κ3) is 7.45. The SMILES string of the molecule is COc1ccc(-c2nc(N[C@H](CO)Cc3ccccc3)ccc2C(=O)NCCOc2ccccc2)c(OC)n1. The number of anilines is 1. The van der Waals surface area contributed by atoms with Crippen molar-refractivity contribution in [3.05, 3.63) is 96.1 Å². The number of para-hydroxylation sites is 1. The third-order valence-corrected chi connectivity index (χ3v) is 5.93. The normalized spacial score (nSPS) is 11.4. The first kappa shape index (κ1) is 27.4. The average molecular weight is 529 g/mol. The van der Waals surface area contributed by atoms with Gasteiger partial charge in [0, 0.05) is 6.07 Å². The van der Waals surface area contributed by atoms with Crippen LogP contribution in [0.25, 0.3) is 11.3 Å². The van der Waals surface area contributed by atoms with E-state index in [1.165, 1.54) is 14.2 Å². The molecule has 2 aromatic heterocycles. The van der Waals surface area contributed by atoms with E-state index in [4.69, 9.17) is 19.2 Å². The number of benzene rings is 2. The molecule has 9 nitrogen and oxygen atoms in total. The average Bonchev–Trinajstić information content (AvgIpc) is 2.99. The van der Waals surface area contributed by atoms with Gasteiger partial charge < -0.3 is 30.0 Å². The van der Waals surface area contributed by atoms with Crippen molar-refractivity contribution < 1.29 is 24.1 Å². The maximum atomic E-state index is 13.3. The van der Waals surface area contributed by atoms with Crippen LogP contribution in [0.5, 0.6) is 17.5 Å². The summed E-state index contributed by atoms with van der Waals surface area (Å²) in [5, 5.41) is 16.2. The minimum absolute atomic E-state index is 0.0943. The second kappa shape index (κ2) is 13.8. The standard InChI is InChI=1S/C30H32N4O5/c1-37-27-16-14-25(30(34-27)38-2)28-24(29(36)31-17-18-39-23-11-7-4-8-12-23)13-15-26(33-28)32-22(20-35)19-21-9-5-3-6-10-21/h3-16,22,35H,17-20H2,1-2H3,(H,31,36)(H,32,33)/t22-/m0/s1. The van der Waals surface area contributed by atoms with Gasteiger partial charge in [-0.3, -0.25) is 4.79 Å². The number of pyridine rings is 2. The minimum atomic E-state index is -0.318. The van der Waals surface area contributed by atoms with Gasteiger partial charge in [0.2, 0.25) is 11.8 Å². The molecule has 0 aliphatic heterocycles. The first-order chi connectivity index (χ1) is 19.1. The number of carbonyl (C=O) groups excluding carboxylic acids is 1. The number of hydrogen-bond acceptors (Lipinski definition) is 8. The maximum absolute atomic E-state index is 13.3. The Labute approximate surface area is 227 Å². The summed E-state index contributed by atoms with van der Waals surface area (Å²) in [6, 6.07) is 25.8. The summed E-state index contributed by atoms with van der Waals surface area (Å²) in [4.78, 5) is 22.4. The van der Waals surface area contributed by atoms with Gasteiger partial charge in [-0.2, -0.15) is 4.98 Å². The Morgan fingerprint density at radius 2 is 1.64 bits per heavy atom. The zero-order chi connectivity index (χ0) is 27.5. The van der Waals surface area contributed by atoms with Crippen LogP contribution < -0.4 is 24.8 Å². The highest BCUT2D eigenvalue weighted by Crippen LogP contribution is 2.32. The van der Waals surface area contributed by atoms with Gasteiger partial charge in [0.15, 0.2) is 0 Å². The molecule has 0 aliphatic carbocycles. The lowest BCUT2D eigenvalue weighted by molar-refractivity contribution is 0.0947. The molecule has 0 aliphatic rings. The molecule has 9 heteroatoms. The maximum Gasteiger partial charge on any atom is 0.253 e. The van der Waals surface area contributed by atoms with E-state index < -0.39 is 0 Å². The number of carbonyl (C=O) groups is 1. The Morgan fingerprint density at radius 1 is 0.897 bits per heavy atom. The highest BCUT2D eigenvalue weighted by Gasteiger charge is 2.21. The first-order valence-electron chi connectivity index (χ1n) is 12.6. The molecule has 0 saturated carbocycles. The summed E-state index contributed by atoms with van der Waals surface area (Å²) in [5.41, 5.74) is 2.33. The molecular weight excluding hydrogens is 496 g/mol. The second-order valence-electron chi connectivity index (χ2n) is 8.63. The topological polar surface area (TPSA) is 115 Å². The molecule has 4 aromatic rings. The summed E-state index contributed by atoms with van der Waals surface area (Å²) in [6.07, 6.45) is 0.603. The fourth-order valence-corrected chi connectivity index (χ4v) is 4.02. The van der Waals surface area contributed by atoms with Crippen molar-refractivity contribution in [2.24, 2.45) is 0 Å². The number of aromatic nitrogens is 2. The lowest BCUT2D eigenvalue weighted by Crippen LogP contribution is -2.29. The molecule has 0 fully saturated rings. The Kier molecular flexibility index (Phi) is 9.68. The van der Waals surface area contributed by atoms with E-state index >= 15 is 0 Å². The molecule has 1 amide bonds. The van der Waals surface area contributed by atoms with Crippen molar-refractivity contribution in [2.45, 2.75) is 12.5 Å². The van der Waals surface area contributed by atoms with E-state index in [-0.39, 0.29) is 24.4 Å². The van der Waals surface area contributed by atoms with Crippen LogP contribution >= 0.6 is 0 Å². The van der Waals surface area contributed by atoms with Crippen molar-refractivity contribution in [3.63, 3.8) is 0 Å². The highest BCUT2D eigenvalue weighted by molar-refractivity contribution is 6.00. The largest absolute Gasteiger partial charge is 0.492 e. The summed E-state index contributed by atoms with van der Waals surface area (Å²) in [6.45, 7) is 0.515. The number of amides is 1. The number of nitrogens with one attached hydrogen (secondary N) is 2. The van der Waals surface area contributed by atoms with E-state index in [9.17, 15) is 9.90 Å². The number of methoxy groups -OCH3 is 2. The second-order valence-corrected chi connectivity index (χ2v) is 8.63. The van der Waals surface area contributed by atoms with Crippen molar-refractivity contribution in [1.82, 2.24) is 15.3 Å². The van der Waals surface area contributed by atoms with E-state index in [2.05, 4.69) is 15.6 Å². The van der Waals surface area contributed by atoms with Gasteiger partial charge in [-0.05, 0) is 42.3 Å². The lowest BCUT2D eigenvalue weighted by atomic mass is 10.0. The zero-order valence-electron chi connectivity index (χ0n) is 22.0. The van der Waals surface area contributed by atoms with Gasteiger partial charge in [0.25, 0.3) is 5.91 Å². The number of ether oxygens (including phenoxy) is 3. The van der Waals surface area contributed by atoms with Crippen LogP contribution in [0.4, 0.5) is 5.82 Å². The Balaban J connectivity index is 1.57. The minimum Gasteiger partial charge on any atom is -0.492 e. The van der Waals surface area contributed by atoms with Crippen LogP contribution in [0.2, 0.25) is 0 Å². The molecule has 4 rings (SSSR count). The fraction of sp³-hybridized carbons (Fsp3) is 0.233. The zero-order valence-corrected chi connectivity index (χ0v) is 22.0. The fourth-order valence-electron chi connectivity index (χ4n) is 4.02. The van der Waals surface area contributed by atoms with E-state index in [1.54, 1.807) is 24.3 Å². The van der Waals surface area contributed by atoms with Crippen molar-refractivity contribution in [3.8, 4) is 28.8 Å². The summed E-state index contributed by atoms with van der Waals surface area (Å²) >= 11 is 0. The van der Waals surface area contributed by atoms with Gasteiger partial charge in [-0.25, -0.2) is 4.98 Å². The predicted octanol–water partition coefficient (Wildman–Crippen LogP) is 3.99. The molecule has 0 saturated heterocycles. The molecule has 0 bridgehead atoms. The number of aliphatic hydroxyl groups excluding tert-OH is 1. The third-order valence-electron chi connectivity index (χ3n) is 5.93. The molecular formula is C30H32N4O5. The monoisotopic (exact) mass is 528 g/mol. The quantitative estimate of drug-likeness (QED) is 0.223. The van der Waals surface area contributed by atoms with Crippen LogP contribution in [0, 0.1) is 0 Å². The molecule has 2 heterocycles. The Hall–Kier alpha value is -4.63. The molecule has 3 N–H and O–H groups in total. The molecule has 39 heavy (non-hydrogen) atoms. The van der Waals surface area contributed by atoms with Crippen LogP contribution in [0.15, 0.2) is 84.9 Å². The van der Waals surface area contributed by atoms with Gasteiger partial charge >= 0.3 is 0 Å². The number of aliphatic hydroxyl groups is 1. The van der Waals surface area contributed by atoms with Crippen LogP contribution in [-0.4, -0.2) is 61.0 Å². The predicted molar refractivity (Wildman–Crippen MR) is 149 cm³/mol. The summed E-state index contributed by atoms with van der Waals surface area (Å²) in [5.74, 6) is 1.55. The Morgan fingerprint density at radius 3 is 2.33 bits per heavy atom. The summed E-state index contributed by atoms with van der Waals surface area (Å²) < 4.78 is 16.4. The van der Waals surface area contributed by atoms with Crippen LogP contribution in [0.3, 0.4) is 0 Å². The number of nitrogens with zero attached hydrogens (tertiary/aromatic N) is 2. The van der Waals surface area contributed by atoms with E-state index in [0.717, 1.165) is 11.3 Å². The molecule has 2 aromatic carbocycles. The molecule has 0 spiro atoms. The van der Waals surface area contributed by atoms with Gasteiger partial charge in [0.1, 0.15) is 18.2 Å². The van der Waals surface area contributed by atoms with Crippen LogP contribution in [0.1, 0.15) is 15.9 Å². The lowest BCUT2D eigenvalue weighted by Gasteiger charge is -2.19. The molecule has 0 unspecified atom stereocenters. The van der Waals surface area contributed by atoms with E-state index in [1.807, 2.05) is 60.7 Å². The summed E-state index contributed by atoms with van der Waals surface area (Å²) in [7, 11) is 3.01. The highest BCUT2D eigenvalue weighted by atomic mass is 16.5. The van der Waals surface area contributed by atoms with Gasteiger partial charge in [-0.1, -0.05) is 48.5 Å².